The van der Waals surface area contributed by atoms with Crippen LogP contribution in [0.2, 0.25) is 0 Å². The third-order valence-corrected chi connectivity index (χ3v) is 5.62. The van der Waals surface area contributed by atoms with Crippen LogP contribution in [0.25, 0.3) is 17.0 Å². The van der Waals surface area contributed by atoms with Crippen LogP contribution in [0.1, 0.15) is 4.88 Å². The number of rotatable bonds is 4. The van der Waals surface area contributed by atoms with Crippen molar-refractivity contribution in [2.45, 2.75) is 0 Å². The van der Waals surface area contributed by atoms with Gasteiger partial charge in [0.05, 0.1) is 4.91 Å². The highest BCUT2D eigenvalue weighted by Gasteiger charge is 2.36. The monoisotopic (exact) mass is 412 g/mol. The van der Waals surface area contributed by atoms with Crippen molar-refractivity contribution < 1.29 is 18.8 Å². The molecule has 28 heavy (non-hydrogen) atoms. The predicted octanol–water partition coefficient (Wildman–Crippen LogP) is 3.53. The molecule has 3 aromatic rings. The fourth-order valence-corrected chi connectivity index (χ4v) is 4.19. The first-order chi connectivity index (χ1) is 13.5. The van der Waals surface area contributed by atoms with Gasteiger partial charge in [-0.15, -0.1) is 11.3 Å². The second-order valence-corrected chi connectivity index (χ2v) is 7.81. The van der Waals surface area contributed by atoms with Crippen molar-refractivity contribution in [1.82, 2.24) is 4.90 Å². The van der Waals surface area contributed by atoms with Crippen molar-refractivity contribution in [1.29, 1.82) is 0 Å². The summed E-state index contributed by atoms with van der Waals surface area (Å²) < 4.78 is 5.04. The highest BCUT2D eigenvalue weighted by Crippen LogP contribution is 2.32. The molecule has 1 aromatic carbocycles. The smallest absolute Gasteiger partial charge is 0.336 e. The molecule has 2 aromatic heterocycles. The number of nitrogens with zero attached hydrogens (tertiary/aromatic N) is 1. The first-order valence-electron chi connectivity index (χ1n) is 8.12. The van der Waals surface area contributed by atoms with Crippen LogP contribution < -0.4 is 10.9 Å². The molecule has 0 atom stereocenters. The van der Waals surface area contributed by atoms with Gasteiger partial charge in [-0.2, -0.15) is 0 Å². The summed E-state index contributed by atoms with van der Waals surface area (Å²) in [5.41, 5.74) is 0.404. The minimum atomic E-state index is -0.503. The first kappa shape index (κ1) is 18.2. The zero-order valence-corrected chi connectivity index (χ0v) is 15.8. The number of hydrogen-bond donors (Lipinski definition) is 1. The second-order valence-electron chi connectivity index (χ2n) is 5.84. The standard InChI is InChI=1S/C19H12N2O5S2/c22-16(20-12-4-5-14-11(8-12)3-6-17(23)26-14)10-21-18(24)15(28-19(21)25)9-13-2-1-7-27-13/h1-9H,10H2,(H,20,22)/b15-9-. The molecule has 9 heteroatoms. The maximum Gasteiger partial charge on any atom is 0.336 e. The number of thioether (sulfide) groups is 1. The average molecular weight is 412 g/mol. The van der Waals surface area contributed by atoms with E-state index in [1.54, 1.807) is 30.3 Å². The van der Waals surface area contributed by atoms with Crippen LogP contribution in [-0.2, 0) is 9.59 Å². The Morgan fingerprint density at radius 1 is 1.14 bits per heavy atom. The number of thiophene rings is 1. The molecule has 1 fully saturated rings. The van der Waals surface area contributed by atoms with Crippen molar-refractivity contribution in [2.75, 3.05) is 11.9 Å². The van der Waals surface area contributed by atoms with Gasteiger partial charge in [0, 0.05) is 22.0 Å². The highest BCUT2D eigenvalue weighted by atomic mass is 32.2. The van der Waals surface area contributed by atoms with Crippen molar-refractivity contribution in [2.24, 2.45) is 0 Å². The topological polar surface area (TPSA) is 96.7 Å². The normalized spacial score (nSPS) is 15.6. The molecule has 1 saturated heterocycles. The maximum absolute atomic E-state index is 12.4. The van der Waals surface area contributed by atoms with Gasteiger partial charge in [0.2, 0.25) is 5.91 Å². The quantitative estimate of drug-likeness (QED) is 0.520. The Balaban J connectivity index is 1.46. The van der Waals surface area contributed by atoms with E-state index in [1.165, 1.54) is 17.4 Å². The molecule has 3 heterocycles. The molecule has 1 aliphatic heterocycles. The summed E-state index contributed by atoms with van der Waals surface area (Å²) in [6.45, 7) is -0.381. The summed E-state index contributed by atoms with van der Waals surface area (Å²) in [6.07, 6.45) is 1.64. The Hall–Kier alpha value is -3.17. The van der Waals surface area contributed by atoms with E-state index in [9.17, 15) is 19.2 Å². The molecule has 1 N–H and O–H groups in total. The summed E-state index contributed by atoms with van der Waals surface area (Å²) in [5.74, 6) is -0.991. The number of nitrogens with one attached hydrogen (secondary N) is 1. The Morgan fingerprint density at radius 3 is 2.79 bits per heavy atom. The van der Waals surface area contributed by atoms with Crippen LogP contribution in [0, 0.1) is 0 Å². The SMILES string of the molecule is O=C(CN1C(=O)S/C(=C\c2cccs2)C1=O)Nc1ccc2oc(=O)ccc2c1. The van der Waals surface area contributed by atoms with Crippen molar-refractivity contribution in [3.63, 3.8) is 0 Å². The van der Waals surface area contributed by atoms with E-state index in [4.69, 9.17) is 4.42 Å². The lowest BCUT2D eigenvalue weighted by atomic mass is 10.2. The minimum Gasteiger partial charge on any atom is -0.423 e. The Morgan fingerprint density at radius 2 is 2.00 bits per heavy atom. The Bertz CT molecular complexity index is 1180. The number of carbonyl (C=O) groups is 3. The van der Waals surface area contributed by atoms with Gasteiger partial charge in [-0.25, -0.2) is 4.79 Å². The van der Waals surface area contributed by atoms with Crippen LogP contribution in [0.3, 0.4) is 0 Å². The third kappa shape index (κ3) is 3.75. The number of amides is 3. The fourth-order valence-electron chi connectivity index (χ4n) is 2.63. The molecular weight excluding hydrogens is 400 g/mol. The Kier molecular flexibility index (Phi) is 4.84. The molecule has 0 saturated carbocycles. The number of imide groups is 1. The molecule has 7 nitrogen and oxygen atoms in total. The number of carbonyl (C=O) groups excluding carboxylic acids is 3. The third-order valence-electron chi connectivity index (χ3n) is 3.89. The largest absolute Gasteiger partial charge is 0.423 e. The molecule has 4 rings (SSSR count). The Labute approximate surface area is 166 Å². The van der Waals surface area contributed by atoms with Gasteiger partial charge in [-0.05, 0) is 53.5 Å². The number of fused-ring (bicyclic) bond motifs is 1. The lowest BCUT2D eigenvalue weighted by Gasteiger charge is -2.12. The summed E-state index contributed by atoms with van der Waals surface area (Å²) in [5, 5.41) is 4.68. The van der Waals surface area contributed by atoms with Crippen molar-refractivity contribution >= 4 is 62.9 Å². The van der Waals surface area contributed by atoms with E-state index >= 15 is 0 Å². The van der Waals surface area contributed by atoms with Gasteiger partial charge in [-0.3, -0.25) is 19.3 Å². The lowest BCUT2D eigenvalue weighted by molar-refractivity contribution is -0.127. The van der Waals surface area contributed by atoms with Crippen molar-refractivity contribution in [3.8, 4) is 0 Å². The molecular formula is C19H12N2O5S2. The first-order valence-corrected chi connectivity index (χ1v) is 9.82. The molecule has 1 aliphatic rings. The molecule has 3 amide bonds. The number of hydrogen-bond acceptors (Lipinski definition) is 7. The lowest BCUT2D eigenvalue weighted by Crippen LogP contribution is -2.36. The fraction of sp³-hybridized carbons (Fsp3) is 0.0526. The second kappa shape index (κ2) is 7.45. The van der Waals surface area contributed by atoms with Gasteiger partial charge in [0.25, 0.3) is 11.1 Å². The van der Waals surface area contributed by atoms with Crippen molar-refractivity contribution in [3.05, 3.63) is 68.0 Å². The van der Waals surface area contributed by atoms with Crippen LogP contribution in [0.15, 0.2) is 62.0 Å². The molecule has 0 aliphatic carbocycles. The van der Waals surface area contributed by atoms with E-state index in [-0.39, 0.29) is 6.54 Å². The summed E-state index contributed by atoms with van der Waals surface area (Å²) in [6, 6.07) is 11.3. The molecule has 140 valence electrons. The van der Waals surface area contributed by atoms with Crippen LogP contribution in [0.5, 0.6) is 0 Å². The van der Waals surface area contributed by atoms with Gasteiger partial charge in [-0.1, -0.05) is 6.07 Å². The van der Waals surface area contributed by atoms with Gasteiger partial charge >= 0.3 is 5.63 Å². The molecule has 0 unspecified atom stereocenters. The summed E-state index contributed by atoms with van der Waals surface area (Å²) in [4.78, 5) is 50.2. The minimum absolute atomic E-state index is 0.293. The van der Waals surface area contributed by atoms with E-state index in [0.29, 0.717) is 21.6 Å². The van der Waals surface area contributed by atoms with Gasteiger partial charge in [0.15, 0.2) is 0 Å². The summed E-state index contributed by atoms with van der Waals surface area (Å²) >= 11 is 2.27. The van der Waals surface area contributed by atoms with E-state index in [2.05, 4.69) is 5.32 Å². The highest BCUT2D eigenvalue weighted by molar-refractivity contribution is 8.18. The maximum atomic E-state index is 12.4. The van der Waals surface area contributed by atoms with Crippen LogP contribution >= 0.6 is 23.1 Å². The average Bonchev–Trinajstić information content (AvgIpc) is 3.26. The van der Waals surface area contributed by atoms with E-state index in [0.717, 1.165) is 21.5 Å². The molecule has 0 bridgehead atoms. The van der Waals surface area contributed by atoms with Crippen LogP contribution in [-0.4, -0.2) is 28.5 Å². The van der Waals surface area contributed by atoms with Crippen LogP contribution in [0.4, 0.5) is 10.5 Å². The predicted molar refractivity (Wildman–Crippen MR) is 108 cm³/mol. The van der Waals surface area contributed by atoms with Gasteiger partial charge in [0.1, 0.15) is 12.1 Å². The number of anilines is 1. The zero-order chi connectivity index (χ0) is 19.7. The van der Waals surface area contributed by atoms with Gasteiger partial charge < -0.3 is 9.73 Å². The molecule has 0 radical (unpaired) electrons. The number of benzene rings is 1. The van der Waals surface area contributed by atoms with E-state index < -0.39 is 22.7 Å². The van der Waals surface area contributed by atoms with E-state index in [1.807, 2.05) is 17.5 Å². The zero-order valence-electron chi connectivity index (χ0n) is 14.2. The molecule has 0 spiro atoms. The summed E-state index contributed by atoms with van der Waals surface area (Å²) in [7, 11) is 0.